The number of hydrogen-bond donors (Lipinski definition) is 1. The van der Waals surface area contributed by atoms with Gasteiger partial charge in [0, 0.05) is 6.07 Å². The van der Waals surface area contributed by atoms with Crippen LogP contribution in [0.4, 0.5) is 0 Å². The number of aryl methyl sites for hydroxylation is 2. The molecule has 0 saturated carbocycles. The molecule has 0 saturated heterocycles. The second kappa shape index (κ2) is 9.70. The number of hydrogen-bond acceptors (Lipinski definition) is 4. The van der Waals surface area contributed by atoms with Crippen molar-refractivity contribution in [1.82, 2.24) is 5.32 Å². The molecule has 0 aliphatic carbocycles. The minimum Gasteiger partial charge on any atom is -0.497 e. The molecule has 5 nitrogen and oxygen atoms in total. The number of carbonyl (C=O) groups excluding carboxylic acids is 1. The van der Waals surface area contributed by atoms with E-state index in [1.165, 1.54) is 5.56 Å². The first-order valence-corrected chi connectivity index (χ1v) is 8.82. The predicted molar refractivity (Wildman–Crippen MR) is 102 cm³/mol. The molecule has 5 heteroatoms. The van der Waals surface area contributed by atoms with Crippen LogP contribution < -0.4 is 19.5 Å². The van der Waals surface area contributed by atoms with Gasteiger partial charge in [-0.25, -0.2) is 0 Å². The van der Waals surface area contributed by atoms with Crippen molar-refractivity contribution in [2.75, 3.05) is 20.3 Å². The van der Waals surface area contributed by atoms with Crippen LogP contribution >= 0.6 is 0 Å². The van der Waals surface area contributed by atoms with Crippen molar-refractivity contribution < 1.29 is 19.0 Å². The van der Waals surface area contributed by atoms with Crippen LogP contribution in [0.3, 0.4) is 0 Å². The maximum Gasteiger partial charge on any atom is 0.261 e. The van der Waals surface area contributed by atoms with Gasteiger partial charge in [-0.3, -0.25) is 4.79 Å². The second-order valence-electron chi connectivity index (χ2n) is 6.10. The first-order chi connectivity index (χ1) is 12.5. The number of benzene rings is 2. The van der Waals surface area contributed by atoms with Gasteiger partial charge in [0.05, 0.1) is 13.7 Å². The fourth-order valence-electron chi connectivity index (χ4n) is 2.57. The van der Waals surface area contributed by atoms with Crippen LogP contribution in [-0.2, 0) is 4.79 Å². The summed E-state index contributed by atoms with van der Waals surface area (Å²) in [6.07, 6.45) is 0.0178. The van der Waals surface area contributed by atoms with Crippen LogP contribution in [0.15, 0.2) is 42.5 Å². The van der Waals surface area contributed by atoms with Gasteiger partial charge >= 0.3 is 0 Å². The summed E-state index contributed by atoms with van der Waals surface area (Å²) in [5.74, 6) is 1.99. The van der Waals surface area contributed by atoms with Crippen LogP contribution in [0, 0.1) is 13.8 Å². The highest BCUT2D eigenvalue weighted by Crippen LogP contribution is 2.21. The summed E-state index contributed by atoms with van der Waals surface area (Å²) < 4.78 is 16.7. The van der Waals surface area contributed by atoms with E-state index in [0.717, 1.165) is 11.3 Å². The number of amides is 1. The van der Waals surface area contributed by atoms with Gasteiger partial charge in [-0.15, -0.1) is 0 Å². The van der Waals surface area contributed by atoms with Crippen molar-refractivity contribution in [3.63, 3.8) is 0 Å². The summed E-state index contributed by atoms with van der Waals surface area (Å²) in [7, 11) is 1.60. The third-order valence-corrected chi connectivity index (χ3v) is 3.97. The van der Waals surface area contributed by atoms with E-state index in [2.05, 4.69) is 11.4 Å². The van der Waals surface area contributed by atoms with Crippen LogP contribution in [-0.4, -0.2) is 32.3 Å². The first kappa shape index (κ1) is 19.6. The van der Waals surface area contributed by atoms with Crippen molar-refractivity contribution in [2.24, 2.45) is 0 Å². The topological polar surface area (TPSA) is 56.8 Å². The lowest BCUT2D eigenvalue weighted by atomic mass is 10.1. The Morgan fingerprint density at radius 1 is 1.12 bits per heavy atom. The fraction of sp³-hybridized carbons (Fsp3) is 0.381. The Kier molecular flexibility index (Phi) is 7.33. The number of carbonyl (C=O) groups is 1. The lowest BCUT2D eigenvalue weighted by Gasteiger charge is -2.18. The largest absolute Gasteiger partial charge is 0.497 e. The molecule has 1 amide bonds. The molecule has 0 fully saturated rings. The molecule has 1 atom stereocenters. The van der Waals surface area contributed by atoms with E-state index in [0.29, 0.717) is 31.1 Å². The van der Waals surface area contributed by atoms with Crippen LogP contribution in [0.2, 0.25) is 0 Å². The van der Waals surface area contributed by atoms with Gasteiger partial charge in [-0.05, 0) is 44.0 Å². The molecule has 0 aromatic heterocycles. The summed E-state index contributed by atoms with van der Waals surface area (Å²) in [5, 5.41) is 2.86. The SMILES string of the molecule is CC[C@@H](Oc1cccc(OC)c1)C(=O)NCCOc1ccc(C)cc1C. The zero-order valence-electron chi connectivity index (χ0n) is 15.9. The normalized spacial score (nSPS) is 11.5. The van der Waals surface area contributed by atoms with Crippen molar-refractivity contribution >= 4 is 5.91 Å². The van der Waals surface area contributed by atoms with E-state index < -0.39 is 6.10 Å². The van der Waals surface area contributed by atoms with Crippen molar-refractivity contribution in [3.8, 4) is 17.2 Å². The van der Waals surface area contributed by atoms with Crippen molar-refractivity contribution in [2.45, 2.75) is 33.3 Å². The summed E-state index contributed by atoms with van der Waals surface area (Å²) in [5.41, 5.74) is 2.28. The van der Waals surface area contributed by atoms with Gasteiger partial charge in [0.15, 0.2) is 6.10 Å². The Balaban J connectivity index is 1.81. The van der Waals surface area contributed by atoms with Gasteiger partial charge in [0.25, 0.3) is 5.91 Å². The van der Waals surface area contributed by atoms with Crippen molar-refractivity contribution in [3.05, 3.63) is 53.6 Å². The minimum absolute atomic E-state index is 0.153. The first-order valence-electron chi connectivity index (χ1n) is 8.82. The van der Waals surface area contributed by atoms with E-state index in [9.17, 15) is 4.79 Å². The molecule has 140 valence electrons. The molecule has 2 aromatic rings. The highest BCUT2D eigenvalue weighted by Gasteiger charge is 2.18. The lowest BCUT2D eigenvalue weighted by molar-refractivity contribution is -0.128. The quantitative estimate of drug-likeness (QED) is 0.696. The number of methoxy groups -OCH3 is 1. The molecular formula is C21H27NO4. The smallest absolute Gasteiger partial charge is 0.261 e. The Morgan fingerprint density at radius 3 is 2.58 bits per heavy atom. The highest BCUT2D eigenvalue weighted by molar-refractivity contribution is 5.81. The molecule has 0 radical (unpaired) electrons. The molecule has 0 bridgehead atoms. The summed E-state index contributed by atoms with van der Waals surface area (Å²) in [6, 6.07) is 13.3. The summed E-state index contributed by atoms with van der Waals surface area (Å²) >= 11 is 0. The number of ether oxygens (including phenoxy) is 3. The fourth-order valence-corrected chi connectivity index (χ4v) is 2.57. The zero-order valence-corrected chi connectivity index (χ0v) is 15.9. The van der Waals surface area contributed by atoms with E-state index >= 15 is 0 Å². The molecule has 1 N–H and O–H groups in total. The molecule has 2 aromatic carbocycles. The van der Waals surface area contributed by atoms with Gasteiger partial charge < -0.3 is 19.5 Å². The van der Waals surface area contributed by atoms with E-state index in [-0.39, 0.29) is 5.91 Å². The molecule has 0 unspecified atom stereocenters. The number of nitrogens with one attached hydrogen (secondary N) is 1. The molecule has 26 heavy (non-hydrogen) atoms. The Hall–Kier alpha value is -2.69. The molecule has 0 spiro atoms. The van der Waals surface area contributed by atoms with E-state index in [4.69, 9.17) is 14.2 Å². The second-order valence-corrected chi connectivity index (χ2v) is 6.10. The maximum absolute atomic E-state index is 12.3. The molecular weight excluding hydrogens is 330 g/mol. The van der Waals surface area contributed by atoms with Gasteiger partial charge in [0.1, 0.15) is 23.9 Å². The maximum atomic E-state index is 12.3. The number of rotatable bonds is 9. The van der Waals surface area contributed by atoms with Crippen LogP contribution in [0.5, 0.6) is 17.2 Å². The van der Waals surface area contributed by atoms with Gasteiger partial charge in [-0.1, -0.05) is 30.7 Å². The van der Waals surface area contributed by atoms with Crippen LogP contribution in [0.25, 0.3) is 0 Å². The molecule has 2 rings (SSSR count). The van der Waals surface area contributed by atoms with Crippen LogP contribution in [0.1, 0.15) is 24.5 Å². The zero-order chi connectivity index (χ0) is 18.9. The third kappa shape index (κ3) is 5.69. The lowest BCUT2D eigenvalue weighted by Crippen LogP contribution is -2.39. The summed E-state index contributed by atoms with van der Waals surface area (Å²) in [6.45, 7) is 6.80. The van der Waals surface area contributed by atoms with Crippen molar-refractivity contribution in [1.29, 1.82) is 0 Å². The average molecular weight is 357 g/mol. The Bertz CT molecular complexity index is 730. The molecule has 0 aliphatic heterocycles. The molecule has 0 heterocycles. The highest BCUT2D eigenvalue weighted by atomic mass is 16.5. The standard InChI is InChI=1S/C21H27NO4/c1-5-19(26-18-8-6-7-17(14-18)24-4)21(23)22-11-12-25-20-10-9-15(2)13-16(20)3/h6-10,13-14,19H,5,11-12H2,1-4H3,(H,22,23)/t19-/m1/s1. The third-order valence-electron chi connectivity index (χ3n) is 3.97. The molecule has 0 aliphatic rings. The predicted octanol–water partition coefficient (Wildman–Crippen LogP) is 3.66. The van der Waals surface area contributed by atoms with E-state index in [1.54, 1.807) is 13.2 Å². The van der Waals surface area contributed by atoms with E-state index in [1.807, 2.05) is 51.1 Å². The Morgan fingerprint density at radius 2 is 1.88 bits per heavy atom. The van der Waals surface area contributed by atoms with Gasteiger partial charge in [-0.2, -0.15) is 0 Å². The van der Waals surface area contributed by atoms with Gasteiger partial charge in [0.2, 0.25) is 0 Å². The summed E-state index contributed by atoms with van der Waals surface area (Å²) in [4.78, 5) is 12.3. The monoisotopic (exact) mass is 357 g/mol. The minimum atomic E-state index is -0.553. The Labute approximate surface area is 155 Å². The average Bonchev–Trinajstić information content (AvgIpc) is 2.64.